The fourth-order valence-electron chi connectivity index (χ4n) is 1.96. The summed E-state index contributed by atoms with van der Waals surface area (Å²) in [5, 5.41) is 8.97. The second-order valence-corrected chi connectivity index (χ2v) is 4.71. The normalized spacial score (nSPS) is 12.4. The number of nitrogens with two attached hydrogens (primary N) is 1. The lowest BCUT2D eigenvalue weighted by molar-refractivity contribution is 0.790. The maximum absolute atomic E-state index is 6.30. The van der Waals surface area contributed by atoms with Crippen molar-refractivity contribution < 1.29 is 0 Å². The van der Waals surface area contributed by atoms with Gasteiger partial charge in [0.15, 0.2) is 0 Å². The molecular formula is C14H16ClN3. The van der Waals surface area contributed by atoms with Gasteiger partial charge in [0.2, 0.25) is 0 Å². The van der Waals surface area contributed by atoms with Gasteiger partial charge in [-0.25, -0.2) is 0 Å². The fraction of sp³-hybridized carbons (Fsp3) is 0.286. The van der Waals surface area contributed by atoms with Crippen molar-refractivity contribution in [2.24, 2.45) is 5.73 Å². The van der Waals surface area contributed by atoms with E-state index in [1.54, 1.807) is 0 Å². The lowest BCUT2D eigenvalue weighted by Crippen LogP contribution is -2.16. The summed E-state index contributed by atoms with van der Waals surface area (Å²) in [6, 6.07) is 9.40. The van der Waals surface area contributed by atoms with Crippen LogP contribution in [0.2, 0.25) is 5.02 Å². The molecule has 2 aromatic rings. The van der Waals surface area contributed by atoms with Crippen molar-refractivity contribution in [2.45, 2.75) is 26.3 Å². The van der Waals surface area contributed by atoms with E-state index in [9.17, 15) is 0 Å². The van der Waals surface area contributed by atoms with Crippen LogP contribution in [0.1, 0.15) is 35.5 Å². The summed E-state index contributed by atoms with van der Waals surface area (Å²) in [6.45, 7) is 3.97. The predicted molar refractivity (Wildman–Crippen MR) is 73.6 cm³/mol. The number of aromatic nitrogens is 2. The van der Waals surface area contributed by atoms with Crippen LogP contribution in [-0.2, 0) is 6.42 Å². The van der Waals surface area contributed by atoms with Gasteiger partial charge in [0.1, 0.15) is 0 Å². The highest BCUT2D eigenvalue weighted by Gasteiger charge is 2.14. The van der Waals surface area contributed by atoms with Crippen molar-refractivity contribution in [3.8, 4) is 0 Å². The quantitative estimate of drug-likeness (QED) is 0.924. The minimum atomic E-state index is -0.215. The Bertz CT molecular complexity index is 554. The van der Waals surface area contributed by atoms with Crippen LogP contribution in [0.5, 0.6) is 0 Å². The largest absolute Gasteiger partial charge is 0.320 e. The number of halogens is 1. The van der Waals surface area contributed by atoms with Crippen molar-refractivity contribution in [3.63, 3.8) is 0 Å². The van der Waals surface area contributed by atoms with E-state index in [1.165, 1.54) is 0 Å². The third-order valence-electron chi connectivity index (χ3n) is 2.90. The maximum atomic E-state index is 6.30. The number of rotatable bonds is 3. The Morgan fingerprint density at radius 2 is 2.06 bits per heavy atom. The zero-order valence-electron chi connectivity index (χ0n) is 10.5. The number of aryl methyl sites for hydroxylation is 2. The minimum absolute atomic E-state index is 0.215. The summed E-state index contributed by atoms with van der Waals surface area (Å²) in [5.41, 5.74) is 10.1. The monoisotopic (exact) mass is 261 g/mol. The Hall–Kier alpha value is -1.45. The molecule has 18 heavy (non-hydrogen) atoms. The van der Waals surface area contributed by atoms with Gasteiger partial charge in [0, 0.05) is 5.02 Å². The first kappa shape index (κ1) is 13.0. The first-order valence-electron chi connectivity index (χ1n) is 5.96. The Morgan fingerprint density at radius 3 is 2.72 bits per heavy atom. The molecule has 1 unspecified atom stereocenters. The summed E-state index contributed by atoms with van der Waals surface area (Å²) in [5.74, 6) is 0. The molecular weight excluding hydrogens is 246 g/mol. The van der Waals surface area contributed by atoms with Gasteiger partial charge in [-0.05, 0) is 42.7 Å². The molecule has 1 heterocycles. The second kappa shape index (κ2) is 5.46. The number of hydrogen-bond acceptors (Lipinski definition) is 3. The SMILES string of the molecule is CCc1nnc(C)cc1C(N)c1cccc(Cl)c1. The van der Waals surface area contributed by atoms with E-state index in [4.69, 9.17) is 17.3 Å². The number of benzene rings is 1. The van der Waals surface area contributed by atoms with Crippen molar-refractivity contribution in [3.05, 3.63) is 57.9 Å². The Morgan fingerprint density at radius 1 is 1.28 bits per heavy atom. The number of nitrogens with zero attached hydrogens (tertiary/aromatic N) is 2. The summed E-state index contributed by atoms with van der Waals surface area (Å²) >= 11 is 6.00. The molecule has 2 rings (SSSR count). The van der Waals surface area contributed by atoms with Gasteiger partial charge >= 0.3 is 0 Å². The molecule has 1 aromatic heterocycles. The molecule has 0 saturated carbocycles. The molecule has 0 amide bonds. The average molecular weight is 262 g/mol. The van der Waals surface area contributed by atoms with Gasteiger partial charge in [-0.2, -0.15) is 10.2 Å². The minimum Gasteiger partial charge on any atom is -0.320 e. The first-order valence-corrected chi connectivity index (χ1v) is 6.33. The van der Waals surface area contributed by atoms with Gasteiger partial charge in [0.05, 0.1) is 17.4 Å². The lowest BCUT2D eigenvalue weighted by atomic mass is 9.97. The predicted octanol–water partition coefficient (Wildman–Crippen LogP) is 3.05. The van der Waals surface area contributed by atoms with Crippen molar-refractivity contribution in [1.29, 1.82) is 0 Å². The summed E-state index contributed by atoms with van der Waals surface area (Å²) in [7, 11) is 0. The molecule has 2 N–H and O–H groups in total. The molecule has 1 atom stereocenters. The zero-order chi connectivity index (χ0) is 13.1. The molecule has 0 spiro atoms. The van der Waals surface area contributed by atoms with Gasteiger partial charge in [-0.3, -0.25) is 0 Å². The molecule has 3 nitrogen and oxygen atoms in total. The van der Waals surface area contributed by atoms with Crippen LogP contribution < -0.4 is 5.73 Å². The smallest absolute Gasteiger partial charge is 0.0679 e. The topological polar surface area (TPSA) is 51.8 Å². The summed E-state index contributed by atoms with van der Waals surface area (Å²) < 4.78 is 0. The second-order valence-electron chi connectivity index (χ2n) is 4.27. The molecule has 94 valence electrons. The van der Waals surface area contributed by atoms with Gasteiger partial charge in [0.25, 0.3) is 0 Å². The third kappa shape index (κ3) is 2.68. The van der Waals surface area contributed by atoms with Crippen LogP contribution in [0, 0.1) is 6.92 Å². The number of hydrogen-bond donors (Lipinski definition) is 1. The zero-order valence-corrected chi connectivity index (χ0v) is 11.3. The Labute approximate surface area is 112 Å². The highest BCUT2D eigenvalue weighted by atomic mass is 35.5. The Kier molecular flexibility index (Phi) is 3.94. The average Bonchev–Trinajstić information content (AvgIpc) is 2.38. The standard InChI is InChI=1S/C14H16ClN3/c1-3-13-12(7-9(2)17-18-13)14(16)10-5-4-6-11(15)8-10/h4-8,14H,3,16H2,1-2H3. The summed E-state index contributed by atoms with van der Waals surface area (Å²) in [6.07, 6.45) is 0.816. The molecule has 1 aromatic carbocycles. The molecule has 0 aliphatic rings. The van der Waals surface area contributed by atoms with E-state index in [0.29, 0.717) is 5.02 Å². The summed E-state index contributed by atoms with van der Waals surface area (Å²) in [4.78, 5) is 0. The lowest BCUT2D eigenvalue weighted by Gasteiger charge is -2.16. The van der Waals surface area contributed by atoms with E-state index in [1.807, 2.05) is 44.2 Å². The highest BCUT2D eigenvalue weighted by molar-refractivity contribution is 6.30. The third-order valence-corrected chi connectivity index (χ3v) is 3.14. The van der Waals surface area contributed by atoms with E-state index >= 15 is 0 Å². The van der Waals surface area contributed by atoms with Crippen LogP contribution in [0.25, 0.3) is 0 Å². The molecule has 0 radical (unpaired) electrons. The van der Waals surface area contributed by atoms with Gasteiger partial charge in [-0.15, -0.1) is 0 Å². The fourth-order valence-corrected chi connectivity index (χ4v) is 2.16. The van der Waals surface area contributed by atoms with Crippen LogP contribution >= 0.6 is 11.6 Å². The van der Waals surface area contributed by atoms with E-state index < -0.39 is 0 Å². The van der Waals surface area contributed by atoms with Crippen molar-refractivity contribution in [1.82, 2.24) is 10.2 Å². The first-order chi connectivity index (χ1) is 8.61. The van der Waals surface area contributed by atoms with Gasteiger partial charge in [-0.1, -0.05) is 30.7 Å². The van der Waals surface area contributed by atoms with Gasteiger partial charge < -0.3 is 5.73 Å². The van der Waals surface area contributed by atoms with E-state index in [-0.39, 0.29) is 6.04 Å². The molecule has 0 bridgehead atoms. The van der Waals surface area contributed by atoms with Crippen LogP contribution in [0.3, 0.4) is 0 Å². The molecule has 0 saturated heterocycles. The van der Waals surface area contributed by atoms with Crippen LogP contribution in [0.15, 0.2) is 30.3 Å². The van der Waals surface area contributed by atoms with Crippen molar-refractivity contribution in [2.75, 3.05) is 0 Å². The molecule has 4 heteroatoms. The molecule has 0 fully saturated rings. The van der Waals surface area contributed by atoms with E-state index in [2.05, 4.69) is 10.2 Å². The molecule has 0 aliphatic carbocycles. The molecule has 0 aliphatic heterocycles. The van der Waals surface area contributed by atoms with Crippen LogP contribution in [-0.4, -0.2) is 10.2 Å². The maximum Gasteiger partial charge on any atom is 0.0679 e. The van der Waals surface area contributed by atoms with E-state index in [0.717, 1.165) is 28.9 Å². The highest BCUT2D eigenvalue weighted by Crippen LogP contribution is 2.24. The van der Waals surface area contributed by atoms with Crippen molar-refractivity contribution >= 4 is 11.6 Å². The van der Waals surface area contributed by atoms with Crippen LogP contribution in [0.4, 0.5) is 0 Å². The Balaban J connectivity index is 2.44.